The van der Waals surface area contributed by atoms with Crippen LogP contribution in [-0.2, 0) is 0 Å². The Balaban J connectivity index is 2.92. The molecule has 0 bridgehead atoms. The summed E-state index contributed by atoms with van der Waals surface area (Å²) in [7, 11) is 0. The average Bonchev–Trinajstić information content (AvgIpc) is 2.23. The minimum absolute atomic E-state index is 0.658. The molecule has 0 aromatic carbocycles. The molecule has 0 amide bonds. The van der Waals surface area contributed by atoms with Gasteiger partial charge < -0.3 is 9.64 Å². The highest BCUT2D eigenvalue weighted by molar-refractivity contribution is 5.54. The number of rotatable bonds is 5. The molecule has 3 nitrogen and oxygen atoms in total. The molecule has 14 heavy (non-hydrogen) atoms. The first-order chi connectivity index (χ1) is 6.83. The third-order valence-electron chi connectivity index (χ3n) is 2.14. The maximum absolute atomic E-state index is 5.47. The Morgan fingerprint density at radius 3 is 2.57 bits per heavy atom. The summed E-state index contributed by atoms with van der Waals surface area (Å²) in [6.45, 7) is 8.84. The lowest BCUT2D eigenvalue weighted by Gasteiger charge is -2.22. The molecule has 0 radical (unpaired) electrons. The average molecular weight is 194 g/mol. The maximum Gasteiger partial charge on any atom is 0.237 e. The van der Waals surface area contributed by atoms with Crippen molar-refractivity contribution in [2.75, 3.05) is 24.6 Å². The number of aromatic nitrogens is 1. The van der Waals surface area contributed by atoms with E-state index in [0.717, 1.165) is 24.7 Å². The monoisotopic (exact) mass is 194 g/mol. The van der Waals surface area contributed by atoms with Crippen LogP contribution in [0.25, 0.3) is 0 Å². The van der Waals surface area contributed by atoms with E-state index in [1.807, 2.05) is 19.1 Å². The number of ether oxygens (including phenoxy) is 1. The van der Waals surface area contributed by atoms with Gasteiger partial charge in [0.1, 0.15) is 0 Å². The topological polar surface area (TPSA) is 25.4 Å². The second-order valence-electron chi connectivity index (χ2n) is 2.93. The van der Waals surface area contributed by atoms with Gasteiger partial charge in [0.25, 0.3) is 0 Å². The Labute approximate surface area is 85.7 Å². The van der Waals surface area contributed by atoms with Gasteiger partial charge in [-0.05, 0) is 32.9 Å². The van der Waals surface area contributed by atoms with Gasteiger partial charge in [0.2, 0.25) is 5.88 Å². The van der Waals surface area contributed by atoms with Crippen LogP contribution in [0.15, 0.2) is 18.3 Å². The fourth-order valence-electron chi connectivity index (χ4n) is 1.44. The number of hydrogen-bond donors (Lipinski definition) is 0. The van der Waals surface area contributed by atoms with Crippen LogP contribution in [0.1, 0.15) is 20.8 Å². The molecule has 0 spiro atoms. The van der Waals surface area contributed by atoms with E-state index >= 15 is 0 Å². The van der Waals surface area contributed by atoms with Crippen LogP contribution in [-0.4, -0.2) is 24.7 Å². The van der Waals surface area contributed by atoms with Crippen molar-refractivity contribution in [2.45, 2.75) is 20.8 Å². The van der Waals surface area contributed by atoms with Gasteiger partial charge in [0.15, 0.2) is 0 Å². The van der Waals surface area contributed by atoms with Crippen molar-refractivity contribution in [3.63, 3.8) is 0 Å². The molecule has 1 rings (SSSR count). The van der Waals surface area contributed by atoms with Crippen molar-refractivity contribution in [3.8, 4) is 5.88 Å². The van der Waals surface area contributed by atoms with Crippen LogP contribution in [0.4, 0.5) is 5.69 Å². The highest BCUT2D eigenvalue weighted by Gasteiger charge is 2.08. The Kier molecular flexibility index (Phi) is 4.23. The van der Waals surface area contributed by atoms with E-state index in [-0.39, 0.29) is 0 Å². The summed E-state index contributed by atoms with van der Waals surface area (Å²) in [6, 6.07) is 3.99. The van der Waals surface area contributed by atoms with Gasteiger partial charge in [0, 0.05) is 19.3 Å². The molecular formula is C11H18N2O. The predicted molar refractivity (Wildman–Crippen MR) is 59.0 cm³/mol. The van der Waals surface area contributed by atoms with Gasteiger partial charge in [-0.3, -0.25) is 0 Å². The summed E-state index contributed by atoms with van der Waals surface area (Å²) in [5.74, 6) is 0.735. The summed E-state index contributed by atoms with van der Waals surface area (Å²) >= 11 is 0. The minimum Gasteiger partial charge on any atom is -0.476 e. The standard InChI is InChI=1S/C11H18N2O/c1-4-13(5-2)10-8-7-9-12-11(10)14-6-3/h7-9H,4-6H2,1-3H3. The Hall–Kier alpha value is -1.25. The zero-order chi connectivity index (χ0) is 10.4. The molecule has 0 aliphatic carbocycles. The van der Waals surface area contributed by atoms with Crippen LogP contribution in [0, 0.1) is 0 Å². The molecule has 1 aromatic rings. The van der Waals surface area contributed by atoms with E-state index in [2.05, 4.69) is 23.7 Å². The highest BCUT2D eigenvalue weighted by atomic mass is 16.5. The molecule has 78 valence electrons. The van der Waals surface area contributed by atoms with E-state index in [1.54, 1.807) is 6.20 Å². The minimum atomic E-state index is 0.658. The second kappa shape index (κ2) is 5.47. The first-order valence-electron chi connectivity index (χ1n) is 5.16. The number of nitrogens with zero attached hydrogens (tertiary/aromatic N) is 2. The van der Waals surface area contributed by atoms with Gasteiger partial charge in [-0.15, -0.1) is 0 Å². The largest absolute Gasteiger partial charge is 0.476 e. The number of anilines is 1. The van der Waals surface area contributed by atoms with Gasteiger partial charge in [0.05, 0.1) is 12.3 Å². The van der Waals surface area contributed by atoms with Crippen LogP contribution in [0.5, 0.6) is 5.88 Å². The van der Waals surface area contributed by atoms with E-state index in [0.29, 0.717) is 6.61 Å². The zero-order valence-electron chi connectivity index (χ0n) is 9.16. The van der Waals surface area contributed by atoms with E-state index in [1.165, 1.54) is 0 Å². The van der Waals surface area contributed by atoms with Crippen LogP contribution >= 0.6 is 0 Å². The molecule has 0 fully saturated rings. The van der Waals surface area contributed by atoms with Crippen molar-refractivity contribution in [2.24, 2.45) is 0 Å². The number of hydrogen-bond acceptors (Lipinski definition) is 3. The van der Waals surface area contributed by atoms with E-state index < -0.39 is 0 Å². The first kappa shape index (κ1) is 10.8. The molecule has 0 saturated heterocycles. The van der Waals surface area contributed by atoms with Crippen molar-refractivity contribution >= 4 is 5.69 Å². The lowest BCUT2D eigenvalue weighted by molar-refractivity contribution is 0.327. The van der Waals surface area contributed by atoms with E-state index in [4.69, 9.17) is 4.74 Å². The normalized spacial score (nSPS) is 9.93. The predicted octanol–water partition coefficient (Wildman–Crippen LogP) is 2.33. The summed E-state index contributed by atoms with van der Waals surface area (Å²) in [5, 5.41) is 0. The van der Waals surface area contributed by atoms with Crippen LogP contribution < -0.4 is 9.64 Å². The molecule has 0 aliphatic heterocycles. The Morgan fingerprint density at radius 1 is 1.29 bits per heavy atom. The summed E-state index contributed by atoms with van der Waals surface area (Å²) in [5.41, 5.74) is 1.08. The second-order valence-corrected chi connectivity index (χ2v) is 2.93. The van der Waals surface area contributed by atoms with Gasteiger partial charge in [-0.2, -0.15) is 0 Å². The Morgan fingerprint density at radius 2 is 2.00 bits per heavy atom. The molecular weight excluding hydrogens is 176 g/mol. The summed E-state index contributed by atoms with van der Waals surface area (Å²) < 4.78 is 5.47. The Bertz CT molecular complexity index is 272. The fraction of sp³-hybridized carbons (Fsp3) is 0.545. The third-order valence-corrected chi connectivity index (χ3v) is 2.14. The van der Waals surface area contributed by atoms with Crippen molar-refractivity contribution in [3.05, 3.63) is 18.3 Å². The molecule has 0 unspecified atom stereocenters. The quantitative estimate of drug-likeness (QED) is 0.719. The maximum atomic E-state index is 5.47. The lowest BCUT2D eigenvalue weighted by Crippen LogP contribution is -2.22. The molecule has 0 N–H and O–H groups in total. The highest BCUT2D eigenvalue weighted by Crippen LogP contribution is 2.24. The van der Waals surface area contributed by atoms with Crippen LogP contribution in [0.2, 0.25) is 0 Å². The van der Waals surface area contributed by atoms with Crippen molar-refractivity contribution < 1.29 is 4.74 Å². The molecule has 0 atom stereocenters. The lowest BCUT2D eigenvalue weighted by atomic mass is 10.3. The molecule has 1 aromatic heterocycles. The molecule has 0 aliphatic rings. The zero-order valence-corrected chi connectivity index (χ0v) is 9.16. The smallest absolute Gasteiger partial charge is 0.237 e. The van der Waals surface area contributed by atoms with Gasteiger partial charge in [-0.25, -0.2) is 4.98 Å². The summed E-state index contributed by atoms with van der Waals surface area (Å²) in [6.07, 6.45) is 1.76. The van der Waals surface area contributed by atoms with Crippen molar-refractivity contribution in [1.82, 2.24) is 4.98 Å². The first-order valence-corrected chi connectivity index (χ1v) is 5.16. The molecule has 0 saturated carbocycles. The number of pyridine rings is 1. The van der Waals surface area contributed by atoms with Crippen molar-refractivity contribution in [1.29, 1.82) is 0 Å². The van der Waals surface area contributed by atoms with Gasteiger partial charge in [-0.1, -0.05) is 0 Å². The summed E-state index contributed by atoms with van der Waals surface area (Å²) in [4.78, 5) is 6.46. The molecule has 3 heteroatoms. The van der Waals surface area contributed by atoms with E-state index in [9.17, 15) is 0 Å². The SMILES string of the molecule is CCOc1ncccc1N(CC)CC. The third kappa shape index (κ3) is 2.37. The molecule has 1 heterocycles. The van der Waals surface area contributed by atoms with Crippen LogP contribution in [0.3, 0.4) is 0 Å². The fourth-order valence-corrected chi connectivity index (χ4v) is 1.44. The van der Waals surface area contributed by atoms with Gasteiger partial charge >= 0.3 is 0 Å².